The zero-order chi connectivity index (χ0) is 12.1. The lowest BCUT2D eigenvalue weighted by Crippen LogP contribution is -2.32. The molecule has 1 aliphatic rings. The molecule has 0 spiro atoms. The second-order valence-electron chi connectivity index (χ2n) is 4.75. The summed E-state index contributed by atoms with van der Waals surface area (Å²) in [7, 11) is -0.169. The predicted molar refractivity (Wildman–Crippen MR) is 71.4 cm³/mol. The Labute approximate surface area is 104 Å². The largest absolute Gasteiger partial charge is 0.494 e. The molecule has 1 aliphatic heterocycles. The summed E-state index contributed by atoms with van der Waals surface area (Å²) in [4.78, 5) is 0. The maximum absolute atomic E-state index is 5.98. The Balaban J connectivity index is 1.88. The van der Waals surface area contributed by atoms with Crippen molar-refractivity contribution in [2.24, 2.45) is 0 Å². The first kappa shape index (κ1) is 12.7. The Bertz CT molecular complexity index is 328. The van der Waals surface area contributed by atoms with E-state index >= 15 is 0 Å². The lowest BCUT2D eigenvalue weighted by molar-refractivity contribution is 0.158. The first-order valence-electron chi connectivity index (χ1n) is 6.67. The van der Waals surface area contributed by atoms with Crippen LogP contribution in [0.5, 0.6) is 0 Å². The molecule has 1 heterocycles. The van der Waals surface area contributed by atoms with Crippen LogP contribution in [-0.2, 0) is 9.31 Å². The molecule has 2 atom stereocenters. The van der Waals surface area contributed by atoms with Crippen molar-refractivity contribution in [1.29, 1.82) is 0 Å². The lowest BCUT2D eigenvalue weighted by Gasteiger charge is -2.13. The van der Waals surface area contributed by atoms with E-state index in [0.717, 1.165) is 11.9 Å². The van der Waals surface area contributed by atoms with Gasteiger partial charge in [0.15, 0.2) is 0 Å². The Morgan fingerprint density at radius 3 is 2.59 bits per heavy atom. The van der Waals surface area contributed by atoms with Crippen molar-refractivity contribution in [1.82, 2.24) is 0 Å². The number of unbranched alkanes of at least 4 members (excludes halogenated alkanes) is 2. The van der Waals surface area contributed by atoms with Crippen LogP contribution in [0.25, 0.3) is 0 Å². The number of rotatable bonds is 5. The Morgan fingerprint density at radius 2 is 1.88 bits per heavy atom. The molecule has 17 heavy (non-hydrogen) atoms. The fourth-order valence-electron chi connectivity index (χ4n) is 2.25. The molecule has 1 fully saturated rings. The first-order valence-corrected chi connectivity index (χ1v) is 6.67. The average Bonchev–Trinajstić information content (AvgIpc) is 2.73. The van der Waals surface area contributed by atoms with E-state index in [9.17, 15) is 0 Å². The molecule has 92 valence electrons. The summed E-state index contributed by atoms with van der Waals surface area (Å²) in [5.41, 5.74) is 1.12. The van der Waals surface area contributed by atoms with Gasteiger partial charge in [-0.2, -0.15) is 0 Å². The van der Waals surface area contributed by atoms with Gasteiger partial charge in [-0.15, -0.1) is 0 Å². The molecule has 2 nitrogen and oxygen atoms in total. The van der Waals surface area contributed by atoms with Gasteiger partial charge in [0.25, 0.3) is 0 Å². The van der Waals surface area contributed by atoms with Crippen LogP contribution in [0.3, 0.4) is 0 Å². The SMILES string of the molecule is CCCCC[C@H]1OB(c2ccccc2)O[C@H]1C. The van der Waals surface area contributed by atoms with Crippen LogP contribution in [-0.4, -0.2) is 19.3 Å². The van der Waals surface area contributed by atoms with E-state index in [2.05, 4.69) is 26.0 Å². The maximum atomic E-state index is 5.98. The molecule has 0 bridgehead atoms. The Hall–Kier alpha value is -0.795. The Morgan fingerprint density at radius 1 is 1.12 bits per heavy atom. The fourth-order valence-corrected chi connectivity index (χ4v) is 2.25. The minimum Gasteiger partial charge on any atom is -0.402 e. The topological polar surface area (TPSA) is 18.5 Å². The third-order valence-corrected chi connectivity index (χ3v) is 3.32. The van der Waals surface area contributed by atoms with Crippen molar-refractivity contribution >= 4 is 12.6 Å². The van der Waals surface area contributed by atoms with Gasteiger partial charge in [0.1, 0.15) is 0 Å². The average molecular weight is 232 g/mol. The normalized spacial score (nSPS) is 24.2. The van der Waals surface area contributed by atoms with Gasteiger partial charge in [-0.25, -0.2) is 0 Å². The lowest BCUT2D eigenvalue weighted by atomic mass is 9.79. The molecule has 0 aromatic heterocycles. The van der Waals surface area contributed by atoms with Crippen LogP contribution in [0.1, 0.15) is 39.5 Å². The summed E-state index contributed by atoms with van der Waals surface area (Å²) >= 11 is 0. The molecule has 1 aromatic rings. The molecule has 0 N–H and O–H groups in total. The minimum atomic E-state index is -0.169. The van der Waals surface area contributed by atoms with Crippen LogP contribution in [0, 0.1) is 0 Å². The van der Waals surface area contributed by atoms with Crippen molar-refractivity contribution < 1.29 is 9.31 Å². The molecular formula is C14H21BO2. The van der Waals surface area contributed by atoms with E-state index in [1.165, 1.54) is 19.3 Å². The highest BCUT2D eigenvalue weighted by Crippen LogP contribution is 2.21. The molecule has 3 heteroatoms. The number of hydrogen-bond donors (Lipinski definition) is 0. The van der Waals surface area contributed by atoms with Crippen molar-refractivity contribution in [3.05, 3.63) is 30.3 Å². The summed E-state index contributed by atoms with van der Waals surface area (Å²) in [6, 6.07) is 10.2. The standard InChI is InChI=1S/C14H21BO2/c1-3-4-6-11-14-12(2)16-15(17-14)13-9-7-5-8-10-13/h5,7-10,12,14H,3-4,6,11H2,1-2H3/t12-,14+/m0/s1. The highest BCUT2D eigenvalue weighted by Gasteiger charge is 2.37. The Kier molecular flexibility index (Phi) is 4.63. The fraction of sp³-hybridized carbons (Fsp3) is 0.571. The number of benzene rings is 1. The van der Waals surface area contributed by atoms with Gasteiger partial charge in [-0.1, -0.05) is 56.5 Å². The molecule has 2 rings (SSSR count). The van der Waals surface area contributed by atoms with Gasteiger partial charge in [-0.3, -0.25) is 0 Å². The molecule has 0 amide bonds. The molecule has 1 aromatic carbocycles. The quantitative estimate of drug-likeness (QED) is 0.574. The number of hydrogen-bond acceptors (Lipinski definition) is 2. The summed E-state index contributed by atoms with van der Waals surface area (Å²) in [5, 5.41) is 0. The third-order valence-electron chi connectivity index (χ3n) is 3.32. The van der Waals surface area contributed by atoms with Gasteiger partial charge in [0, 0.05) is 0 Å². The van der Waals surface area contributed by atoms with Gasteiger partial charge in [-0.05, 0) is 18.8 Å². The van der Waals surface area contributed by atoms with E-state index in [0.29, 0.717) is 0 Å². The van der Waals surface area contributed by atoms with Crippen LogP contribution in [0.2, 0.25) is 0 Å². The van der Waals surface area contributed by atoms with E-state index in [1.54, 1.807) is 0 Å². The molecule has 0 radical (unpaired) electrons. The zero-order valence-electron chi connectivity index (χ0n) is 10.8. The van der Waals surface area contributed by atoms with E-state index < -0.39 is 0 Å². The van der Waals surface area contributed by atoms with Crippen LogP contribution in [0.4, 0.5) is 0 Å². The van der Waals surface area contributed by atoms with Crippen molar-refractivity contribution in [2.45, 2.75) is 51.7 Å². The smallest absolute Gasteiger partial charge is 0.402 e. The van der Waals surface area contributed by atoms with E-state index in [-0.39, 0.29) is 19.3 Å². The summed E-state index contributed by atoms with van der Waals surface area (Å²) in [5.74, 6) is 0. The second kappa shape index (κ2) is 6.22. The summed E-state index contributed by atoms with van der Waals surface area (Å²) < 4.78 is 11.9. The van der Waals surface area contributed by atoms with Gasteiger partial charge >= 0.3 is 7.12 Å². The first-order chi connectivity index (χ1) is 8.31. The van der Waals surface area contributed by atoms with Crippen LogP contribution >= 0.6 is 0 Å². The second-order valence-corrected chi connectivity index (χ2v) is 4.75. The molecule has 0 aliphatic carbocycles. The molecular weight excluding hydrogens is 211 g/mol. The van der Waals surface area contributed by atoms with Gasteiger partial charge < -0.3 is 9.31 Å². The van der Waals surface area contributed by atoms with Crippen LogP contribution < -0.4 is 5.46 Å². The van der Waals surface area contributed by atoms with Gasteiger partial charge in [0.2, 0.25) is 0 Å². The zero-order valence-corrected chi connectivity index (χ0v) is 10.8. The van der Waals surface area contributed by atoms with Gasteiger partial charge in [0.05, 0.1) is 12.2 Å². The summed E-state index contributed by atoms with van der Waals surface area (Å²) in [6.45, 7) is 4.34. The highest BCUT2D eigenvalue weighted by molar-refractivity contribution is 6.61. The monoisotopic (exact) mass is 232 g/mol. The molecule has 1 saturated heterocycles. The van der Waals surface area contributed by atoms with E-state index in [1.807, 2.05) is 18.2 Å². The molecule has 0 saturated carbocycles. The predicted octanol–water partition coefficient (Wildman–Crippen LogP) is 2.77. The third kappa shape index (κ3) is 3.33. The maximum Gasteiger partial charge on any atom is 0.494 e. The summed E-state index contributed by atoms with van der Waals surface area (Å²) in [6.07, 6.45) is 5.34. The van der Waals surface area contributed by atoms with Crippen molar-refractivity contribution in [3.63, 3.8) is 0 Å². The minimum absolute atomic E-state index is 0.169. The van der Waals surface area contributed by atoms with Crippen LogP contribution in [0.15, 0.2) is 30.3 Å². The van der Waals surface area contributed by atoms with E-state index in [4.69, 9.17) is 9.31 Å². The highest BCUT2D eigenvalue weighted by atomic mass is 16.7. The van der Waals surface area contributed by atoms with Crippen molar-refractivity contribution in [2.75, 3.05) is 0 Å². The molecule has 0 unspecified atom stereocenters. The van der Waals surface area contributed by atoms with Crippen molar-refractivity contribution in [3.8, 4) is 0 Å².